The van der Waals surface area contributed by atoms with Crippen LogP contribution in [0.5, 0.6) is 0 Å². The molecule has 1 aromatic heterocycles. The lowest BCUT2D eigenvalue weighted by atomic mass is 10.1. The van der Waals surface area contributed by atoms with Gasteiger partial charge in [-0.1, -0.05) is 102 Å². The van der Waals surface area contributed by atoms with E-state index < -0.39 is 0 Å². The van der Waals surface area contributed by atoms with Crippen molar-refractivity contribution >= 4 is 15.9 Å². The summed E-state index contributed by atoms with van der Waals surface area (Å²) in [5, 5.41) is 0. The van der Waals surface area contributed by atoms with Crippen molar-refractivity contribution in [1.29, 1.82) is 0 Å². The first kappa shape index (κ1) is 22.5. The predicted octanol–water partition coefficient (Wildman–Crippen LogP) is 7.41. The van der Waals surface area contributed by atoms with Gasteiger partial charge in [0.2, 0.25) is 0 Å². The third-order valence-electron chi connectivity index (χ3n) is 5.67. The number of halogens is 1. The first-order valence-electron chi connectivity index (χ1n) is 11.3. The van der Waals surface area contributed by atoms with E-state index >= 15 is 0 Å². The van der Waals surface area contributed by atoms with Gasteiger partial charge in [-0.15, -0.1) is 0 Å². The molecule has 3 nitrogen and oxygen atoms in total. The Morgan fingerprint density at radius 3 is 2.06 bits per heavy atom. The number of benzene rings is 3. The standard InChI is InChI=1S/C28H30BrN3/c1-3-4-19-32-26(21-31(2)20-22-15-17-25(29)18-16-22)27(23-11-7-5-8-12-23)30-28(32)24-13-9-6-10-14-24/h5-18H,3-4,19-21H2,1-2H3. The smallest absolute Gasteiger partial charge is 0.140 e. The molecule has 0 N–H and O–H groups in total. The zero-order chi connectivity index (χ0) is 22.3. The van der Waals surface area contributed by atoms with E-state index in [2.05, 4.69) is 124 Å². The van der Waals surface area contributed by atoms with Crippen molar-refractivity contribution < 1.29 is 0 Å². The maximum atomic E-state index is 5.21. The van der Waals surface area contributed by atoms with Gasteiger partial charge in [0.25, 0.3) is 0 Å². The number of rotatable bonds is 9. The normalized spacial score (nSPS) is 11.2. The molecule has 0 aliphatic carbocycles. The summed E-state index contributed by atoms with van der Waals surface area (Å²) in [6.45, 7) is 4.95. The summed E-state index contributed by atoms with van der Waals surface area (Å²) in [5.74, 6) is 1.06. The van der Waals surface area contributed by atoms with E-state index in [0.29, 0.717) is 0 Å². The maximum Gasteiger partial charge on any atom is 0.140 e. The van der Waals surface area contributed by atoms with Gasteiger partial charge in [-0.2, -0.15) is 0 Å². The SMILES string of the molecule is CCCCn1c(-c2ccccc2)nc(-c2ccccc2)c1CN(C)Cc1ccc(Br)cc1. The van der Waals surface area contributed by atoms with Crippen LogP contribution >= 0.6 is 15.9 Å². The van der Waals surface area contributed by atoms with Crippen LogP contribution in [-0.4, -0.2) is 21.5 Å². The van der Waals surface area contributed by atoms with Crippen molar-refractivity contribution in [2.75, 3.05) is 7.05 Å². The number of imidazole rings is 1. The Kier molecular flexibility index (Phi) is 7.56. The molecule has 0 fully saturated rings. The van der Waals surface area contributed by atoms with E-state index in [1.807, 2.05) is 0 Å². The van der Waals surface area contributed by atoms with Gasteiger partial charge in [-0.25, -0.2) is 4.98 Å². The Morgan fingerprint density at radius 1 is 0.812 bits per heavy atom. The Balaban J connectivity index is 1.75. The molecule has 32 heavy (non-hydrogen) atoms. The van der Waals surface area contributed by atoms with Gasteiger partial charge in [0, 0.05) is 35.2 Å². The van der Waals surface area contributed by atoms with E-state index in [-0.39, 0.29) is 0 Å². The van der Waals surface area contributed by atoms with Crippen LogP contribution in [0.3, 0.4) is 0 Å². The molecule has 0 amide bonds. The van der Waals surface area contributed by atoms with Crippen LogP contribution in [0.4, 0.5) is 0 Å². The summed E-state index contributed by atoms with van der Waals surface area (Å²) in [6.07, 6.45) is 2.29. The second kappa shape index (κ2) is 10.8. The summed E-state index contributed by atoms with van der Waals surface area (Å²) in [4.78, 5) is 7.58. The van der Waals surface area contributed by atoms with Crippen LogP contribution in [-0.2, 0) is 19.6 Å². The van der Waals surface area contributed by atoms with Crippen molar-refractivity contribution in [3.63, 3.8) is 0 Å². The molecule has 0 spiro atoms. The van der Waals surface area contributed by atoms with E-state index in [0.717, 1.165) is 48.5 Å². The van der Waals surface area contributed by atoms with Crippen LogP contribution < -0.4 is 0 Å². The molecule has 0 atom stereocenters. The summed E-state index contributed by atoms with van der Waals surface area (Å²) in [6, 6.07) is 29.7. The minimum absolute atomic E-state index is 0.837. The highest BCUT2D eigenvalue weighted by molar-refractivity contribution is 9.10. The van der Waals surface area contributed by atoms with E-state index in [1.54, 1.807) is 0 Å². The second-order valence-electron chi connectivity index (χ2n) is 8.27. The van der Waals surface area contributed by atoms with Crippen molar-refractivity contribution in [3.8, 4) is 22.6 Å². The molecular formula is C28H30BrN3. The van der Waals surface area contributed by atoms with Crippen LogP contribution in [0.15, 0.2) is 89.4 Å². The monoisotopic (exact) mass is 487 g/mol. The molecule has 0 radical (unpaired) electrons. The third kappa shape index (κ3) is 5.37. The molecule has 0 aliphatic heterocycles. The lowest BCUT2D eigenvalue weighted by Crippen LogP contribution is -2.20. The minimum Gasteiger partial charge on any atom is -0.326 e. The second-order valence-corrected chi connectivity index (χ2v) is 9.18. The maximum absolute atomic E-state index is 5.21. The Bertz CT molecular complexity index is 1120. The topological polar surface area (TPSA) is 21.1 Å². The number of hydrogen-bond donors (Lipinski definition) is 0. The Labute approximate surface area is 199 Å². The number of unbranched alkanes of at least 4 members (excludes halogenated alkanes) is 1. The van der Waals surface area contributed by atoms with Crippen molar-refractivity contribution in [1.82, 2.24) is 14.5 Å². The average Bonchev–Trinajstić information content (AvgIpc) is 3.18. The first-order valence-corrected chi connectivity index (χ1v) is 12.1. The lowest BCUT2D eigenvalue weighted by molar-refractivity contribution is 0.309. The molecular weight excluding hydrogens is 458 g/mol. The van der Waals surface area contributed by atoms with E-state index in [9.17, 15) is 0 Å². The zero-order valence-corrected chi connectivity index (χ0v) is 20.4. The summed E-state index contributed by atoms with van der Waals surface area (Å²) < 4.78 is 3.56. The first-order chi connectivity index (χ1) is 15.7. The minimum atomic E-state index is 0.837. The quantitative estimate of drug-likeness (QED) is 0.245. The van der Waals surface area contributed by atoms with Crippen molar-refractivity contribution in [2.45, 2.75) is 39.4 Å². The highest BCUT2D eigenvalue weighted by Gasteiger charge is 2.20. The van der Waals surface area contributed by atoms with Crippen LogP contribution in [0, 0.1) is 0 Å². The molecule has 0 unspecified atom stereocenters. The van der Waals surface area contributed by atoms with Gasteiger partial charge < -0.3 is 4.57 Å². The Morgan fingerprint density at radius 2 is 1.44 bits per heavy atom. The zero-order valence-electron chi connectivity index (χ0n) is 18.8. The molecule has 1 heterocycles. The number of nitrogens with zero attached hydrogens (tertiary/aromatic N) is 3. The highest BCUT2D eigenvalue weighted by Crippen LogP contribution is 2.31. The summed E-state index contributed by atoms with van der Waals surface area (Å²) >= 11 is 3.53. The lowest BCUT2D eigenvalue weighted by Gasteiger charge is -2.20. The van der Waals surface area contributed by atoms with Gasteiger partial charge in [0.15, 0.2) is 0 Å². The Hall–Kier alpha value is -2.69. The van der Waals surface area contributed by atoms with Crippen LogP contribution in [0.2, 0.25) is 0 Å². The van der Waals surface area contributed by atoms with E-state index in [1.165, 1.54) is 22.4 Å². The predicted molar refractivity (Wildman–Crippen MR) is 137 cm³/mol. The molecule has 164 valence electrons. The highest BCUT2D eigenvalue weighted by atomic mass is 79.9. The fourth-order valence-corrected chi connectivity index (χ4v) is 4.32. The fraction of sp³-hybridized carbons (Fsp3) is 0.250. The van der Waals surface area contributed by atoms with Crippen LogP contribution in [0.1, 0.15) is 31.0 Å². The average molecular weight is 488 g/mol. The molecule has 3 aromatic carbocycles. The van der Waals surface area contributed by atoms with Gasteiger partial charge in [0.05, 0.1) is 11.4 Å². The molecule has 0 aliphatic rings. The van der Waals surface area contributed by atoms with Crippen molar-refractivity contribution in [3.05, 3.63) is 101 Å². The summed E-state index contributed by atoms with van der Waals surface area (Å²) in [5.41, 5.74) is 6.01. The number of aromatic nitrogens is 2. The molecule has 4 aromatic rings. The van der Waals surface area contributed by atoms with Gasteiger partial charge in [-0.3, -0.25) is 4.90 Å². The van der Waals surface area contributed by atoms with Crippen molar-refractivity contribution in [2.24, 2.45) is 0 Å². The van der Waals surface area contributed by atoms with Gasteiger partial charge in [-0.05, 0) is 31.2 Å². The summed E-state index contributed by atoms with van der Waals surface area (Å²) in [7, 11) is 2.19. The van der Waals surface area contributed by atoms with E-state index in [4.69, 9.17) is 4.98 Å². The molecule has 4 rings (SSSR count). The van der Waals surface area contributed by atoms with Gasteiger partial charge in [0.1, 0.15) is 5.82 Å². The largest absolute Gasteiger partial charge is 0.326 e. The number of hydrogen-bond acceptors (Lipinski definition) is 2. The fourth-order valence-electron chi connectivity index (χ4n) is 4.05. The third-order valence-corrected chi connectivity index (χ3v) is 6.20. The molecule has 0 saturated heterocycles. The molecule has 0 saturated carbocycles. The molecule has 4 heteroatoms. The molecule has 0 bridgehead atoms. The van der Waals surface area contributed by atoms with Crippen LogP contribution in [0.25, 0.3) is 22.6 Å². The van der Waals surface area contributed by atoms with Gasteiger partial charge >= 0.3 is 0 Å².